The summed E-state index contributed by atoms with van der Waals surface area (Å²) in [6.07, 6.45) is 7.39. The van der Waals surface area contributed by atoms with E-state index in [2.05, 4.69) is 24.1 Å². The second-order valence-electron chi connectivity index (χ2n) is 7.32. The van der Waals surface area contributed by atoms with Crippen molar-refractivity contribution in [3.05, 3.63) is 0 Å². The maximum atomic E-state index is 12.9. The average Bonchev–Trinajstić information content (AvgIpc) is 2.80. The van der Waals surface area contributed by atoms with Crippen molar-refractivity contribution in [3.63, 3.8) is 0 Å². The molecule has 1 saturated carbocycles. The lowest BCUT2D eigenvalue weighted by atomic mass is 9.84. The van der Waals surface area contributed by atoms with E-state index in [9.17, 15) is 4.79 Å². The zero-order valence-electron chi connectivity index (χ0n) is 12.5. The molecule has 0 aromatic rings. The van der Waals surface area contributed by atoms with Gasteiger partial charge in [-0.2, -0.15) is 0 Å². The van der Waals surface area contributed by atoms with Gasteiger partial charge in [0, 0.05) is 31.1 Å². The van der Waals surface area contributed by atoms with E-state index < -0.39 is 0 Å². The summed E-state index contributed by atoms with van der Waals surface area (Å²) in [5.74, 6) is 2.11. The first-order valence-electron chi connectivity index (χ1n) is 8.13. The van der Waals surface area contributed by atoms with Gasteiger partial charge in [-0.25, -0.2) is 0 Å². The fourth-order valence-corrected chi connectivity index (χ4v) is 4.54. The number of likely N-dealkylation sites (tertiary alicyclic amines) is 1. The zero-order chi connectivity index (χ0) is 13.5. The summed E-state index contributed by atoms with van der Waals surface area (Å²) >= 11 is 0. The number of nitrogens with one attached hydrogen (secondary N) is 1. The molecule has 0 spiro atoms. The number of rotatable bonds is 1. The van der Waals surface area contributed by atoms with Gasteiger partial charge in [0.05, 0.1) is 0 Å². The van der Waals surface area contributed by atoms with Crippen LogP contribution in [0.15, 0.2) is 0 Å². The molecule has 0 radical (unpaired) electrons. The van der Waals surface area contributed by atoms with Crippen LogP contribution < -0.4 is 5.32 Å². The number of amides is 1. The number of hydrogen-bond acceptors (Lipinski definition) is 2. The predicted octanol–water partition coefficient (Wildman–Crippen LogP) is 2.41. The van der Waals surface area contributed by atoms with Gasteiger partial charge < -0.3 is 10.2 Å². The third-order valence-electron chi connectivity index (χ3n) is 5.83. The lowest BCUT2D eigenvalue weighted by molar-refractivity contribution is -0.140. The van der Waals surface area contributed by atoms with Crippen molar-refractivity contribution in [2.24, 2.45) is 17.8 Å². The normalized spacial score (nSPS) is 35.2. The quantitative estimate of drug-likeness (QED) is 0.738. The fraction of sp³-hybridized carbons (Fsp3) is 0.938. The molecule has 0 aromatic heterocycles. The Balaban J connectivity index is 1.72. The van der Waals surface area contributed by atoms with Crippen molar-refractivity contribution in [2.45, 2.75) is 57.9 Å². The second kappa shape index (κ2) is 5.08. The molecule has 108 valence electrons. The van der Waals surface area contributed by atoms with Crippen molar-refractivity contribution in [3.8, 4) is 0 Å². The Morgan fingerprint density at radius 3 is 2.42 bits per heavy atom. The van der Waals surface area contributed by atoms with Gasteiger partial charge in [-0.3, -0.25) is 4.79 Å². The number of carbonyl (C=O) groups excluding carboxylic acids is 1. The minimum atomic E-state index is 0.0531. The Labute approximate surface area is 117 Å². The molecular formula is C16H28N2O. The maximum absolute atomic E-state index is 12.9. The average molecular weight is 264 g/mol. The topological polar surface area (TPSA) is 32.3 Å². The summed E-state index contributed by atoms with van der Waals surface area (Å²) in [5.41, 5.74) is 0.0531. The van der Waals surface area contributed by atoms with E-state index in [1.54, 1.807) is 0 Å². The summed E-state index contributed by atoms with van der Waals surface area (Å²) in [4.78, 5) is 15.1. The van der Waals surface area contributed by atoms with E-state index in [-0.39, 0.29) is 5.54 Å². The highest BCUT2D eigenvalue weighted by Gasteiger charge is 2.51. The summed E-state index contributed by atoms with van der Waals surface area (Å²) < 4.78 is 0. The van der Waals surface area contributed by atoms with Crippen LogP contribution in [0.1, 0.15) is 52.4 Å². The van der Waals surface area contributed by atoms with Gasteiger partial charge >= 0.3 is 0 Å². The zero-order valence-corrected chi connectivity index (χ0v) is 12.5. The Morgan fingerprint density at radius 2 is 1.79 bits per heavy atom. The van der Waals surface area contributed by atoms with E-state index in [0.717, 1.165) is 32.5 Å². The van der Waals surface area contributed by atoms with Crippen LogP contribution in [-0.2, 0) is 4.79 Å². The standard InChI is InChI=1S/C16H28N2O/c1-16(2)14-10-17-9-13(14)11-18(16)15(19)12-7-5-3-4-6-8-12/h12-14,17H,3-11H2,1-2H3. The molecule has 3 heteroatoms. The van der Waals surface area contributed by atoms with Crippen molar-refractivity contribution >= 4 is 5.91 Å². The largest absolute Gasteiger partial charge is 0.337 e. The van der Waals surface area contributed by atoms with E-state index >= 15 is 0 Å². The van der Waals surface area contributed by atoms with Crippen LogP contribution in [0, 0.1) is 17.8 Å². The molecule has 2 unspecified atom stereocenters. The van der Waals surface area contributed by atoms with Crippen LogP contribution in [0.3, 0.4) is 0 Å². The first kappa shape index (κ1) is 13.4. The van der Waals surface area contributed by atoms with Crippen LogP contribution >= 0.6 is 0 Å². The molecule has 19 heavy (non-hydrogen) atoms. The Bertz CT molecular complexity index is 345. The van der Waals surface area contributed by atoms with E-state index in [4.69, 9.17) is 0 Å². The van der Waals surface area contributed by atoms with Crippen LogP contribution in [0.2, 0.25) is 0 Å². The Kier molecular flexibility index (Phi) is 3.59. The highest BCUT2D eigenvalue weighted by molar-refractivity contribution is 5.80. The number of carbonyl (C=O) groups is 1. The lowest BCUT2D eigenvalue weighted by Crippen LogP contribution is -2.49. The van der Waals surface area contributed by atoms with Crippen molar-refractivity contribution in [1.82, 2.24) is 10.2 Å². The lowest BCUT2D eigenvalue weighted by Gasteiger charge is -2.37. The predicted molar refractivity (Wildman–Crippen MR) is 76.8 cm³/mol. The highest BCUT2D eigenvalue weighted by atomic mass is 16.2. The summed E-state index contributed by atoms with van der Waals surface area (Å²) in [7, 11) is 0. The monoisotopic (exact) mass is 264 g/mol. The molecule has 3 rings (SSSR count). The SMILES string of the molecule is CC1(C)C2CNCC2CN1C(=O)C1CCCCCC1. The molecule has 2 aliphatic heterocycles. The van der Waals surface area contributed by atoms with E-state index in [1.165, 1.54) is 25.7 Å². The molecule has 2 saturated heterocycles. The van der Waals surface area contributed by atoms with Gasteiger partial charge in [0.15, 0.2) is 0 Å². The molecule has 0 bridgehead atoms. The van der Waals surface area contributed by atoms with E-state index in [0.29, 0.717) is 23.7 Å². The van der Waals surface area contributed by atoms with Crippen LogP contribution in [0.5, 0.6) is 0 Å². The molecule has 2 heterocycles. The van der Waals surface area contributed by atoms with Gasteiger partial charge in [-0.05, 0) is 38.5 Å². The molecule has 1 N–H and O–H groups in total. The van der Waals surface area contributed by atoms with Crippen LogP contribution in [0.4, 0.5) is 0 Å². The number of fused-ring (bicyclic) bond motifs is 1. The third-order valence-corrected chi connectivity index (χ3v) is 5.83. The summed E-state index contributed by atoms with van der Waals surface area (Å²) in [5, 5.41) is 3.49. The van der Waals surface area contributed by atoms with Crippen molar-refractivity contribution in [2.75, 3.05) is 19.6 Å². The van der Waals surface area contributed by atoms with Crippen molar-refractivity contribution < 1.29 is 4.79 Å². The van der Waals surface area contributed by atoms with E-state index in [1.807, 2.05) is 0 Å². The minimum absolute atomic E-state index is 0.0531. The summed E-state index contributed by atoms with van der Waals surface area (Å²) in [6, 6.07) is 0. The first-order chi connectivity index (χ1) is 9.10. The maximum Gasteiger partial charge on any atom is 0.226 e. The van der Waals surface area contributed by atoms with Gasteiger partial charge in [-0.1, -0.05) is 25.7 Å². The molecular weight excluding hydrogens is 236 g/mol. The molecule has 2 atom stereocenters. The van der Waals surface area contributed by atoms with Crippen LogP contribution in [0.25, 0.3) is 0 Å². The Hall–Kier alpha value is -0.570. The number of hydrogen-bond donors (Lipinski definition) is 1. The van der Waals surface area contributed by atoms with Gasteiger partial charge in [0.25, 0.3) is 0 Å². The molecule has 1 aliphatic carbocycles. The smallest absolute Gasteiger partial charge is 0.226 e. The minimum Gasteiger partial charge on any atom is -0.337 e. The Morgan fingerprint density at radius 1 is 1.11 bits per heavy atom. The van der Waals surface area contributed by atoms with Crippen LogP contribution in [-0.4, -0.2) is 36.0 Å². The first-order valence-corrected chi connectivity index (χ1v) is 8.13. The third kappa shape index (κ3) is 2.31. The fourth-order valence-electron chi connectivity index (χ4n) is 4.54. The second-order valence-corrected chi connectivity index (χ2v) is 7.32. The molecule has 1 amide bonds. The molecule has 3 nitrogen and oxygen atoms in total. The molecule has 0 aromatic carbocycles. The molecule has 3 fully saturated rings. The van der Waals surface area contributed by atoms with Crippen molar-refractivity contribution in [1.29, 1.82) is 0 Å². The van der Waals surface area contributed by atoms with Gasteiger partial charge in [0.1, 0.15) is 0 Å². The number of nitrogens with zero attached hydrogens (tertiary/aromatic N) is 1. The highest BCUT2D eigenvalue weighted by Crippen LogP contribution is 2.42. The molecule has 3 aliphatic rings. The van der Waals surface area contributed by atoms with Gasteiger partial charge in [0.2, 0.25) is 5.91 Å². The summed E-state index contributed by atoms with van der Waals surface area (Å²) in [6.45, 7) is 7.73. The van der Waals surface area contributed by atoms with Gasteiger partial charge in [-0.15, -0.1) is 0 Å².